The minimum absolute atomic E-state index is 0.326. The zero-order chi connectivity index (χ0) is 20.1. The molecule has 28 heavy (non-hydrogen) atoms. The van der Waals surface area contributed by atoms with Gasteiger partial charge >= 0.3 is 0 Å². The molecule has 7 nitrogen and oxygen atoms in total. The molecule has 0 aliphatic carbocycles. The number of piperazine rings is 1. The predicted molar refractivity (Wildman–Crippen MR) is 111 cm³/mol. The van der Waals surface area contributed by atoms with Crippen molar-refractivity contribution in [3.8, 4) is 0 Å². The fraction of sp³-hybridized carbons (Fsp3) is 0.667. The van der Waals surface area contributed by atoms with Gasteiger partial charge in [0.05, 0.1) is 39.3 Å². The van der Waals surface area contributed by atoms with Gasteiger partial charge in [0.1, 0.15) is 6.04 Å². The summed E-state index contributed by atoms with van der Waals surface area (Å²) in [5.74, 6) is 1.60. The molecule has 2 aromatic rings. The second kappa shape index (κ2) is 9.47. The number of aromatic nitrogens is 4. The van der Waals surface area contributed by atoms with Gasteiger partial charge in [0.15, 0.2) is 0 Å². The van der Waals surface area contributed by atoms with Crippen LogP contribution in [0.15, 0.2) is 18.2 Å². The fourth-order valence-corrected chi connectivity index (χ4v) is 4.17. The lowest BCUT2D eigenvalue weighted by Crippen LogP contribution is -3.15. The second-order valence-corrected chi connectivity index (χ2v) is 8.37. The number of aryl methyl sites for hydroxylation is 2. The molecule has 0 amide bonds. The predicted octanol–water partition coefficient (Wildman–Crippen LogP) is 1.43. The molecule has 0 radical (unpaired) electrons. The molecule has 2 heterocycles. The van der Waals surface area contributed by atoms with Gasteiger partial charge < -0.3 is 14.5 Å². The Morgan fingerprint density at radius 3 is 2.61 bits per heavy atom. The van der Waals surface area contributed by atoms with E-state index < -0.39 is 0 Å². The number of methoxy groups -OCH3 is 1. The molecule has 1 fully saturated rings. The minimum atomic E-state index is 0.326. The number of benzene rings is 1. The van der Waals surface area contributed by atoms with E-state index in [2.05, 4.69) is 66.3 Å². The van der Waals surface area contributed by atoms with Gasteiger partial charge in [-0.15, -0.1) is 5.10 Å². The molecule has 1 atom stereocenters. The largest absolute Gasteiger partial charge is 0.383 e. The Balaban J connectivity index is 1.73. The van der Waals surface area contributed by atoms with Crippen LogP contribution in [-0.4, -0.2) is 60.1 Å². The standard InChI is InChI=1S/C21H34N6O/c1-16(2)14-20(21-22-23-24-27(21)12-13-28-5)26-10-8-25(9-11-26)19-15-17(3)6-7-18(19)4/h6-7,15-16,20H,8-14H2,1-5H3/p+1/t20-/m0/s1. The smallest absolute Gasteiger partial charge is 0.209 e. The van der Waals surface area contributed by atoms with Crippen molar-refractivity contribution in [2.24, 2.45) is 5.92 Å². The van der Waals surface area contributed by atoms with Crippen molar-refractivity contribution in [2.45, 2.75) is 46.7 Å². The molecule has 1 aliphatic heterocycles. The van der Waals surface area contributed by atoms with Crippen LogP contribution in [0.25, 0.3) is 0 Å². The van der Waals surface area contributed by atoms with E-state index in [1.165, 1.54) is 16.8 Å². The van der Waals surface area contributed by atoms with Gasteiger partial charge in [-0.3, -0.25) is 0 Å². The Hall–Kier alpha value is -1.99. The first-order valence-electron chi connectivity index (χ1n) is 10.4. The van der Waals surface area contributed by atoms with Crippen molar-refractivity contribution in [3.63, 3.8) is 0 Å². The Labute approximate surface area is 168 Å². The molecule has 1 saturated heterocycles. The summed E-state index contributed by atoms with van der Waals surface area (Å²) in [6, 6.07) is 7.07. The Morgan fingerprint density at radius 1 is 1.18 bits per heavy atom. The Bertz CT molecular complexity index is 751. The van der Waals surface area contributed by atoms with E-state index in [0.29, 0.717) is 25.1 Å². The highest BCUT2D eigenvalue weighted by Crippen LogP contribution is 2.22. The highest BCUT2D eigenvalue weighted by Gasteiger charge is 2.33. The minimum Gasteiger partial charge on any atom is -0.383 e. The van der Waals surface area contributed by atoms with Crippen molar-refractivity contribution in [1.82, 2.24) is 20.2 Å². The number of nitrogens with one attached hydrogen (secondary N) is 1. The average molecular weight is 388 g/mol. The summed E-state index contributed by atoms with van der Waals surface area (Å²) in [6.07, 6.45) is 1.09. The number of ether oxygens (including phenoxy) is 1. The molecular formula is C21H35N6O+. The van der Waals surface area contributed by atoms with Crippen LogP contribution in [0.1, 0.15) is 43.3 Å². The van der Waals surface area contributed by atoms with Crippen molar-refractivity contribution in [3.05, 3.63) is 35.2 Å². The number of hydrogen-bond donors (Lipinski definition) is 1. The van der Waals surface area contributed by atoms with Crippen LogP contribution < -0.4 is 9.80 Å². The van der Waals surface area contributed by atoms with E-state index in [4.69, 9.17) is 4.74 Å². The zero-order valence-corrected chi connectivity index (χ0v) is 18.0. The maximum Gasteiger partial charge on any atom is 0.209 e. The van der Waals surface area contributed by atoms with Crippen LogP contribution in [0.4, 0.5) is 5.69 Å². The first-order valence-corrected chi connectivity index (χ1v) is 10.4. The lowest BCUT2D eigenvalue weighted by Gasteiger charge is -2.38. The average Bonchev–Trinajstić information content (AvgIpc) is 3.14. The van der Waals surface area contributed by atoms with Gasteiger partial charge in [0.2, 0.25) is 5.82 Å². The number of tetrazole rings is 1. The third-order valence-corrected chi connectivity index (χ3v) is 5.69. The molecule has 7 heteroatoms. The van der Waals surface area contributed by atoms with Crippen LogP contribution >= 0.6 is 0 Å². The molecule has 1 aromatic heterocycles. The first-order chi connectivity index (χ1) is 13.5. The van der Waals surface area contributed by atoms with E-state index in [0.717, 1.165) is 38.4 Å². The molecule has 1 N–H and O–H groups in total. The van der Waals surface area contributed by atoms with Crippen molar-refractivity contribution >= 4 is 5.69 Å². The molecule has 0 saturated carbocycles. The number of rotatable bonds is 8. The number of quaternary nitrogens is 1. The first kappa shape index (κ1) is 20.7. The normalized spacial score (nSPS) is 16.7. The van der Waals surface area contributed by atoms with E-state index in [1.807, 2.05) is 4.68 Å². The van der Waals surface area contributed by atoms with Gasteiger partial charge in [-0.25, -0.2) is 4.68 Å². The third-order valence-electron chi connectivity index (χ3n) is 5.69. The SMILES string of the molecule is COCCn1nnnc1[C@H](CC(C)C)[NH+]1CCN(c2cc(C)ccc2C)CC1. The number of hydrogen-bond acceptors (Lipinski definition) is 5. The third kappa shape index (κ3) is 4.89. The summed E-state index contributed by atoms with van der Waals surface area (Å²) < 4.78 is 7.16. The maximum atomic E-state index is 5.23. The van der Waals surface area contributed by atoms with Crippen molar-refractivity contribution in [1.29, 1.82) is 0 Å². The van der Waals surface area contributed by atoms with Gasteiger partial charge in [-0.1, -0.05) is 26.0 Å². The Kier molecular flexibility index (Phi) is 7.02. The Morgan fingerprint density at radius 2 is 1.93 bits per heavy atom. The lowest BCUT2D eigenvalue weighted by molar-refractivity contribution is -0.934. The van der Waals surface area contributed by atoms with E-state index in [9.17, 15) is 0 Å². The van der Waals surface area contributed by atoms with Gasteiger partial charge in [-0.2, -0.15) is 0 Å². The second-order valence-electron chi connectivity index (χ2n) is 8.37. The molecule has 1 aromatic carbocycles. The molecule has 1 aliphatic rings. The van der Waals surface area contributed by atoms with E-state index >= 15 is 0 Å². The molecule has 0 bridgehead atoms. The molecule has 0 unspecified atom stereocenters. The molecular weight excluding hydrogens is 352 g/mol. The highest BCUT2D eigenvalue weighted by molar-refractivity contribution is 5.55. The maximum absolute atomic E-state index is 5.23. The summed E-state index contributed by atoms with van der Waals surface area (Å²) >= 11 is 0. The number of nitrogens with zero attached hydrogens (tertiary/aromatic N) is 5. The lowest BCUT2D eigenvalue weighted by atomic mass is 10.0. The fourth-order valence-electron chi connectivity index (χ4n) is 4.17. The van der Waals surface area contributed by atoms with Crippen LogP contribution in [-0.2, 0) is 11.3 Å². The van der Waals surface area contributed by atoms with Crippen LogP contribution in [0.3, 0.4) is 0 Å². The number of anilines is 1. The van der Waals surface area contributed by atoms with Crippen LogP contribution in [0, 0.1) is 19.8 Å². The summed E-state index contributed by atoms with van der Waals surface area (Å²) in [4.78, 5) is 4.12. The zero-order valence-electron chi connectivity index (χ0n) is 18.0. The topological polar surface area (TPSA) is 60.5 Å². The van der Waals surface area contributed by atoms with Crippen LogP contribution in [0.5, 0.6) is 0 Å². The quantitative estimate of drug-likeness (QED) is 0.743. The summed E-state index contributed by atoms with van der Waals surface area (Å²) in [7, 11) is 1.72. The molecule has 3 rings (SSSR count). The summed E-state index contributed by atoms with van der Waals surface area (Å²) in [5.41, 5.74) is 4.06. The van der Waals surface area contributed by atoms with Crippen molar-refractivity contribution < 1.29 is 9.64 Å². The van der Waals surface area contributed by atoms with Crippen molar-refractivity contribution in [2.75, 3.05) is 44.8 Å². The van der Waals surface area contributed by atoms with E-state index in [-0.39, 0.29) is 0 Å². The molecule has 154 valence electrons. The highest BCUT2D eigenvalue weighted by atomic mass is 16.5. The summed E-state index contributed by atoms with van der Waals surface area (Å²) in [6.45, 7) is 14.6. The van der Waals surface area contributed by atoms with Crippen LogP contribution in [0.2, 0.25) is 0 Å². The van der Waals surface area contributed by atoms with Gasteiger partial charge in [0.25, 0.3) is 0 Å². The van der Waals surface area contributed by atoms with Gasteiger partial charge in [-0.05, 0) is 47.4 Å². The van der Waals surface area contributed by atoms with Gasteiger partial charge in [0, 0.05) is 19.2 Å². The van der Waals surface area contributed by atoms with E-state index in [1.54, 1.807) is 12.0 Å². The monoisotopic (exact) mass is 387 g/mol. The summed E-state index contributed by atoms with van der Waals surface area (Å²) in [5, 5.41) is 12.6. The molecule has 0 spiro atoms.